The molecule has 0 saturated heterocycles. The summed E-state index contributed by atoms with van der Waals surface area (Å²) in [5, 5.41) is 0. The Kier molecular flexibility index (Phi) is 2.80. The molecule has 16 heavy (non-hydrogen) atoms. The van der Waals surface area contributed by atoms with Crippen LogP contribution in [-0.4, -0.2) is 28.0 Å². The number of carbonyl (C=O) groups excluding carboxylic acids is 1. The molecule has 86 valence electrons. The van der Waals surface area contributed by atoms with Gasteiger partial charge in [-0.1, -0.05) is 0 Å². The van der Waals surface area contributed by atoms with Gasteiger partial charge in [0.25, 0.3) is 0 Å². The van der Waals surface area contributed by atoms with Crippen molar-refractivity contribution in [1.82, 2.24) is 4.72 Å². The lowest BCUT2D eigenvalue weighted by atomic mass is 10.3. The van der Waals surface area contributed by atoms with Gasteiger partial charge in [0.15, 0.2) is 11.5 Å². The molecule has 0 aliphatic carbocycles. The second-order valence-electron chi connectivity index (χ2n) is 3.03. The monoisotopic (exact) mass is 243 g/mol. The molecule has 7 heteroatoms. The third-order valence-electron chi connectivity index (χ3n) is 2.01. The SMILES string of the molecule is O=CCNS(=O)(=O)c1ccc2c(c1)OCO2. The summed E-state index contributed by atoms with van der Waals surface area (Å²) in [6.45, 7) is -0.169. The van der Waals surface area contributed by atoms with Crippen LogP contribution in [0.1, 0.15) is 0 Å². The van der Waals surface area contributed by atoms with E-state index in [1.54, 1.807) is 0 Å². The molecule has 0 spiro atoms. The first kappa shape index (κ1) is 10.9. The molecule has 0 unspecified atom stereocenters. The molecule has 0 atom stereocenters. The van der Waals surface area contributed by atoms with Crippen LogP contribution in [0.5, 0.6) is 11.5 Å². The lowest BCUT2D eigenvalue weighted by Crippen LogP contribution is -2.25. The van der Waals surface area contributed by atoms with Gasteiger partial charge in [0, 0.05) is 6.07 Å². The molecule has 0 bridgehead atoms. The molecule has 2 rings (SSSR count). The number of rotatable bonds is 4. The molecule has 1 aliphatic heterocycles. The Bertz CT molecular complexity index is 511. The third kappa shape index (κ3) is 2.00. The summed E-state index contributed by atoms with van der Waals surface area (Å²) >= 11 is 0. The third-order valence-corrected chi connectivity index (χ3v) is 3.43. The van der Waals surface area contributed by atoms with Crippen molar-refractivity contribution in [2.75, 3.05) is 13.3 Å². The predicted octanol–water partition coefficient (Wildman–Crippen LogP) is -0.107. The topological polar surface area (TPSA) is 81.7 Å². The van der Waals surface area contributed by atoms with Gasteiger partial charge in [0.1, 0.15) is 6.29 Å². The van der Waals surface area contributed by atoms with E-state index in [0.717, 1.165) is 0 Å². The Morgan fingerprint density at radius 1 is 1.31 bits per heavy atom. The first-order valence-electron chi connectivity index (χ1n) is 4.46. The molecule has 0 aromatic heterocycles. The van der Waals surface area contributed by atoms with E-state index in [1.807, 2.05) is 0 Å². The van der Waals surface area contributed by atoms with Crippen molar-refractivity contribution in [2.45, 2.75) is 4.90 Å². The zero-order chi connectivity index (χ0) is 11.6. The summed E-state index contributed by atoms with van der Waals surface area (Å²) in [5.74, 6) is 0.892. The molecule has 1 heterocycles. The van der Waals surface area contributed by atoms with Crippen LogP contribution >= 0.6 is 0 Å². The fourth-order valence-corrected chi connectivity index (χ4v) is 2.23. The minimum Gasteiger partial charge on any atom is -0.454 e. The molecule has 1 aliphatic rings. The maximum absolute atomic E-state index is 11.6. The van der Waals surface area contributed by atoms with Crippen molar-refractivity contribution in [1.29, 1.82) is 0 Å². The van der Waals surface area contributed by atoms with Crippen molar-refractivity contribution in [3.63, 3.8) is 0 Å². The number of benzene rings is 1. The second kappa shape index (κ2) is 4.11. The number of hydrogen-bond donors (Lipinski definition) is 1. The van der Waals surface area contributed by atoms with E-state index in [-0.39, 0.29) is 18.2 Å². The molecule has 0 radical (unpaired) electrons. The highest BCUT2D eigenvalue weighted by Crippen LogP contribution is 2.33. The van der Waals surface area contributed by atoms with Crippen LogP contribution < -0.4 is 14.2 Å². The van der Waals surface area contributed by atoms with Gasteiger partial charge in [0.05, 0.1) is 11.4 Å². The standard InChI is InChI=1S/C9H9NO5S/c11-4-3-10-16(12,13)7-1-2-8-9(5-7)15-6-14-8/h1-2,4-5,10H,3,6H2. The van der Waals surface area contributed by atoms with Crippen LogP contribution in [-0.2, 0) is 14.8 Å². The molecule has 6 nitrogen and oxygen atoms in total. The van der Waals surface area contributed by atoms with Crippen LogP contribution in [0.4, 0.5) is 0 Å². The van der Waals surface area contributed by atoms with E-state index in [4.69, 9.17) is 9.47 Å². The lowest BCUT2D eigenvalue weighted by molar-refractivity contribution is -0.106. The largest absolute Gasteiger partial charge is 0.454 e. The van der Waals surface area contributed by atoms with Gasteiger partial charge in [-0.25, -0.2) is 13.1 Å². The first-order valence-corrected chi connectivity index (χ1v) is 5.95. The lowest BCUT2D eigenvalue weighted by Gasteiger charge is -2.04. The Labute approximate surface area is 92.2 Å². The van der Waals surface area contributed by atoms with Crippen LogP contribution in [0, 0.1) is 0 Å². The first-order chi connectivity index (χ1) is 7.63. The van der Waals surface area contributed by atoms with Gasteiger partial charge in [-0.2, -0.15) is 0 Å². The number of ether oxygens (including phenoxy) is 2. The number of hydrogen-bond acceptors (Lipinski definition) is 5. The second-order valence-corrected chi connectivity index (χ2v) is 4.80. The van der Waals surface area contributed by atoms with Crippen LogP contribution in [0.15, 0.2) is 23.1 Å². The number of nitrogens with one attached hydrogen (secondary N) is 1. The van der Waals surface area contributed by atoms with E-state index in [9.17, 15) is 13.2 Å². The molecule has 0 fully saturated rings. The fourth-order valence-electron chi connectivity index (χ4n) is 1.27. The normalized spacial score (nSPS) is 13.8. The molecule has 1 N–H and O–H groups in total. The highest BCUT2D eigenvalue weighted by atomic mass is 32.2. The van der Waals surface area contributed by atoms with E-state index in [0.29, 0.717) is 17.8 Å². The van der Waals surface area contributed by atoms with Gasteiger partial charge in [-0.05, 0) is 12.1 Å². The summed E-state index contributed by atoms with van der Waals surface area (Å²) in [7, 11) is -3.66. The van der Waals surface area contributed by atoms with Crippen molar-refractivity contribution in [3.05, 3.63) is 18.2 Å². The van der Waals surface area contributed by atoms with Crippen molar-refractivity contribution in [2.24, 2.45) is 0 Å². The number of fused-ring (bicyclic) bond motifs is 1. The van der Waals surface area contributed by atoms with Gasteiger partial charge >= 0.3 is 0 Å². The minimum atomic E-state index is -3.66. The smallest absolute Gasteiger partial charge is 0.241 e. The zero-order valence-electron chi connectivity index (χ0n) is 8.17. The van der Waals surface area contributed by atoms with Crippen molar-refractivity contribution >= 4 is 16.3 Å². The van der Waals surface area contributed by atoms with E-state index < -0.39 is 10.0 Å². The van der Waals surface area contributed by atoms with Gasteiger partial charge in [-0.15, -0.1) is 0 Å². The molecule has 0 saturated carbocycles. The molecular formula is C9H9NO5S. The van der Waals surface area contributed by atoms with Crippen LogP contribution in [0.25, 0.3) is 0 Å². The average Bonchev–Trinajstić information content (AvgIpc) is 2.73. The maximum Gasteiger partial charge on any atom is 0.241 e. The molecule has 1 aromatic carbocycles. The quantitative estimate of drug-likeness (QED) is 0.746. The van der Waals surface area contributed by atoms with E-state index >= 15 is 0 Å². The predicted molar refractivity (Wildman–Crippen MR) is 53.8 cm³/mol. The van der Waals surface area contributed by atoms with Crippen molar-refractivity contribution < 1.29 is 22.7 Å². The Morgan fingerprint density at radius 3 is 2.81 bits per heavy atom. The summed E-state index contributed by atoms with van der Waals surface area (Å²) < 4.78 is 35.5. The average molecular weight is 243 g/mol. The minimum absolute atomic E-state index is 0.0404. The van der Waals surface area contributed by atoms with Gasteiger partial charge in [-0.3, -0.25) is 0 Å². The highest BCUT2D eigenvalue weighted by molar-refractivity contribution is 7.89. The van der Waals surface area contributed by atoms with E-state index in [2.05, 4.69) is 4.72 Å². The molecule has 1 aromatic rings. The molecule has 0 amide bonds. The maximum atomic E-state index is 11.6. The number of carbonyl (C=O) groups is 1. The van der Waals surface area contributed by atoms with E-state index in [1.165, 1.54) is 18.2 Å². The van der Waals surface area contributed by atoms with Crippen molar-refractivity contribution in [3.8, 4) is 11.5 Å². The Balaban J connectivity index is 2.30. The van der Waals surface area contributed by atoms with Crippen LogP contribution in [0.2, 0.25) is 0 Å². The molecular weight excluding hydrogens is 234 g/mol. The number of aldehydes is 1. The number of sulfonamides is 1. The highest BCUT2D eigenvalue weighted by Gasteiger charge is 2.19. The fraction of sp³-hybridized carbons (Fsp3) is 0.222. The summed E-state index contributed by atoms with van der Waals surface area (Å²) in [5.41, 5.74) is 0. The Morgan fingerprint density at radius 2 is 2.06 bits per heavy atom. The zero-order valence-corrected chi connectivity index (χ0v) is 8.99. The van der Waals surface area contributed by atoms with Gasteiger partial charge in [0.2, 0.25) is 16.8 Å². The van der Waals surface area contributed by atoms with Gasteiger partial charge < -0.3 is 14.3 Å². The summed E-state index contributed by atoms with van der Waals surface area (Å²) in [6, 6.07) is 4.26. The Hall–Kier alpha value is -1.60. The van der Waals surface area contributed by atoms with Crippen LogP contribution in [0.3, 0.4) is 0 Å². The summed E-state index contributed by atoms with van der Waals surface area (Å²) in [6.07, 6.45) is 0.477. The summed E-state index contributed by atoms with van der Waals surface area (Å²) in [4.78, 5) is 10.1.